The van der Waals surface area contributed by atoms with Gasteiger partial charge in [-0.3, -0.25) is 4.79 Å². The van der Waals surface area contributed by atoms with Crippen LogP contribution >= 0.6 is 11.3 Å². The second-order valence-corrected chi connectivity index (χ2v) is 8.39. The van der Waals surface area contributed by atoms with Crippen molar-refractivity contribution in [1.82, 2.24) is 4.98 Å². The van der Waals surface area contributed by atoms with Crippen LogP contribution in [0.3, 0.4) is 0 Å². The van der Waals surface area contributed by atoms with Crippen LogP contribution in [0.5, 0.6) is 0 Å². The van der Waals surface area contributed by atoms with Gasteiger partial charge in [-0.1, -0.05) is 68.8 Å². The lowest BCUT2D eigenvalue weighted by Crippen LogP contribution is -2.20. The van der Waals surface area contributed by atoms with Crippen LogP contribution in [0.15, 0.2) is 53.9 Å². The lowest BCUT2D eigenvalue weighted by atomic mass is 9.86. The Morgan fingerprint density at radius 2 is 1.77 bits per heavy atom. The van der Waals surface area contributed by atoms with Crippen LogP contribution in [-0.4, -0.2) is 10.9 Å². The maximum Gasteiger partial charge on any atom is 0.230 e. The van der Waals surface area contributed by atoms with Crippen molar-refractivity contribution >= 4 is 22.9 Å². The molecule has 0 radical (unpaired) electrons. The highest BCUT2D eigenvalue weighted by Crippen LogP contribution is 2.29. The van der Waals surface area contributed by atoms with Crippen LogP contribution < -0.4 is 5.32 Å². The summed E-state index contributed by atoms with van der Waals surface area (Å²) in [6.07, 6.45) is 0.279. The topological polar surface area (TPSA) is 42.0 Å². The van der Waals surface area contributed by atoms with Crippen molar-refractivity contribution in [1.29, 1.82) is 0 Å². The fourth-order valence-corrected chi connectivity index (χ4v) is 3.65. The molecule has 1 N–H and O–H groups in total. The highest BCUT2D eigenvalue weighted by atomic mass is 32.1. The van der Waals surface area contributed by atoms with Crippen molar-refractivity contribution in [3.05, 3.63) is 70.7 Å². The molecule has 0 aliphatic heterocycles. The largest absolute Gasteiger partial charge is 0.325 e. The molecule has 2 aromatic carbocycles. The Balaban J connectivity index is 1.71. The van der Waals surface area contributed by atoms with E-state index in [4.69, 9.17) is 0 Å². The molecular weight excluding hydrogens is 340 g/mol. The molecule has 134 valence electrons. The Kier molecular flexibility index (Phi) is 5.23. The van der Waals surface area contributed by atoms with Gasteiger partial charge in [-0.05, 0) is 24.0 Å². The molecule has 0 atom stereocenters. The predicted molar refractivity (Wildman–Crippen MR) is 110 cm³/mol. The zero-order valence-corrected chi connectivity index (χ0v) is 16.5. The molecule has 0 unspecified atom stereocenters. The van der Waals surface area contributed by atoms with Gasteiger partial charge in [0.15, 0.2) is 0 Å². The minimum absolute atomic E-state index is 0.0247. The summed E-state index contributed by atoms with van der Waals surface area (Å²) in [5.74, 6) is -0.0394. The third-order valence-corrected chi connectivity index (χ3v) is 5.14. The molecule has 3 aromatic rings. The maximum absolute atomic E-state index is 12.5. The minimum atomic E-state index is -0.0394. The SMILES string of the molecule is Cc1ccc(-c2nc(CC(=O)Nc3ccccc3C(C)(C)C)cs2)cc1. The zero-order chi connectivity index (χ0) is 18.7. The van der Waals surface area contributed by atoms with Crippen molar-refractivity contribution in [3.8, 4) is 10.6 Å². The van der Waals surface area contributed by atoms with E-state index in [-0.39, 0.29) is 17.7 Å². The first kappa shape index (κ1) is 18.3. The lowest BCUT2D eigenvalue weighted by Gasteiger charge is -2.22. The molecule has 1 heterocycles. The average molecular weight is 365 g/mol. The summed E-state index contributed by atoms with van der Waals surface area (Å²) in [7, 11) is 0. The molecule has 1 aromatic heterocycles. The highest BCUT2D eigenvalue weighted by Gasteiger charge is 2.19. The second-order valence-electron chi connectivity index (χ2n) is 7.53. The first-order valence-corrected chi connectivity index (χ1v) is 9.62. The number of para-hydroxylation sites is 1. The fourth-order valence-electron chi connectivity index (χ4n) is 2.82. The van der Waals surface area contributed by atoms with E-state index in [0.29, 0.717) is 0 Å². The number of aryl methyl sites for hydroxylation is 1. The predicted octanol–water partition coefficient (Wildman–Crippen LogP) is 5.60. The van der Waals surface area contributed by atoms with Gasteiger partial charge in [0, 0.05) is 16.6 Å². The van der Waals surface area contributed by atoms with Crippen molar-refractivity contribution in [3.63, 3.8) is 0 Å². The number of hydrogen-bond donors (Lipinski definition) is 1. The summed E-state index contributed by atoms with van der Waals surface area (Å²) in [4.78, 5) is 17.1. The summed E-state index contributed by atoms with van der Waals surface area (Å²) in [6.45, 7) is 8.50. The number of aromatic nitrogens is 1. The normalized spacial score (nSPS) is 11.4. The van der Waals surface area contributed by atoms with E-state index >= 15 is 0 Å². The number of hydrogen-bond acceptors (Lipinski definition) is 3. The maximum atomic E-state index is 12.5. The van der Waals surface area contributed by atoms with Gasteiger partial charge in [-0.25, -0.2) is 4.98 Å². The van der Waals surface area contributed by atoms with Gasteiger partial charge in [0.2, 0.25) is 5.91 Å². The number of amides is 1. The van der Waals surface area contributed by atoms with E-state index in [9.17, 15) is 4.79 Å². The molecule has 0 bridgehead atoms. The molecule has 0 aliphatic carbocycles. The number of nitrogens with one attached hydrogen (secondary N) is 1. The summed E-state index contributed by atoms with van der Waals surface area (Å²) >= 11 is 1.57. The standard InChI is InChI=1S/C22H24N2OS/c1-15-9-11-16(12-10-15)21-23-17(14-26-21)13-20(25)24-19-8-6-5-7-18(19)22(2,3)4/h5-12,14H,13H2,1-4H3,(H,24,25). The first-order chi connectivity index (χ1) is 12.3. The number of thiazole rings is 1. The molecule has 0 saturated heterocycles. The van der Waals surface area contributed by atoms with Crippen LogP contribution in [0.1, 0.15) is 37.6 Å². The van der Waals surface area contributed by atoms with Crippen molar-refractivity contribution in [2.24, 2.45) is 0 Å². The molecule has 0 fully saturated rings. The molecule has 4 heteroatoms. The molecule has 0 aliphatic rings. The Labute approximate surface area is 159 Å². The molecule has 3 nitrogen and oxygen atoms in total. The fraction of sp³-hybridized carbons (Fsp3) is 0.273. The number of carbonyl (C=O) groups is 1. The molecule has 1 amide bonds. The molecule has 0 saturated carbocycles. The van der Waals surface area contributed by atoms with Crippen LogP contribution in [0.25, 0.3) is 10.6 Å². The molecule has 0 spiro atoms. The summed E-state index contributed by atoms with van der Waals surface area (Å²) in [5.41, 5.74) is 5.10. The smallest absolute Gasteiger partial charge is 0.230 e. The minimum Gasteiger partial charge on any atom is -0.325 e. The summed E-state index contributed by atoms with van der Waals surface area (Å²) in [6, 6.07) is 16.3. The zero-order valence-electron chi connectivity index (χ0n) is 15.7. The van der Waals surface area contributed by atoms with E-state index in [1.165, 1.54) is 5.56 Å². The third kappa shape index (κ3) is 4.38. The van der Waals surface area contributed by atoms with E-state index in [1.54, 1.807) is 11.3 Å². The second kappa shape index (κ2) is 7.42. The van der Waals surface area contributed by atoms with E-state index in [2.05, 4.69) is 68.3 Å². The highest BCUT2D eigenvalue weighted by molar-refractivity contribution is 7.13. The number of carbonyl (C=O) groups excluding carboxylic acids is 1. The summed E-state index contributed by atoms with van der Waals surface area (Å²) < 4.78 is 0. The molecular formula is C22H24N2OS. The van der Waals surface area contributed by atoms with Crippen molar-refractivity contribution < 1.29 is 4.79 Å². The van der Waals surface area contributed by atoms with Gasteiger partial charge < -0.3 is 5.32 Å². The monoisotopic (exact) mass is 364 g/mol. The number of rotatable bonds is 4. The quantitative estimate of drug-likeness (QED) is 0.655. The Hall–Kier alpha value is -2.46. The lowest BCUT2D eigenvalue weighted by molar-refractivity contribution is -0.115. The average Bonchev–Trinajstić information content (AvgIpc) is 3.03. The van der Waals surface area contributed by atoms with Crippen LogP contribution in [0, 0.1) is 6.92 Å². The molecule has 26 heavy (non-hydrogen) atoms. The van der Waals surface area contributed by atoms with E-state index < -0.39 is 0 Å². The molecule has 3 rings (SSSR count). The van der Waals surface area contributed by atoms with Crippen LogP contribution in [0.2, 0.25) is 0 Å². The first-order valence-electron chi connectivity index (χ1n) is 8.74. The van der Waals surface area contributed by atoms with Crippen molar-refractivity contribution in [2.45, 2.75) is 39.5 Å². The summed E-state index contributed by atoms with van der Waals surface area (Å²) in [5, 5.41) is 5.96. The van der Waals surface area contributed by atoms with Gasteiger partial charge in [0.1, 0.15) is 5.01 Å². The van der Waals surface area contributed by atoms with Gasteiger partial charge in [0.05, 0.1) is 12.1 Å². The Morgan fingerprint density at radius 3 is 2.46 bits per heavy atom. The Morgan fingerprint density at radius 1 is 1.08 bits per heavy atom. The third-order valence-electron chi connectivity index (χ3n) is 4.20. The van der Waals surface area contributed by atoms with Crippen LogP contribution in [-0.2, 0) is 16.6 Å². The van der Waals surface area contributed by atoms with Gasteiger partial charge >= 0.3 is 0 Å². The number of nitrogens with zero attached hydrogens (tertiary/aromatic N) is 1. The van der Waals surface area contributed by atoms with Gasteiger partial charge in [-0.15, -0.1) is 11.3 Å². The van der Waals surface area contributed by atoms with Gasteiger partial charge in [-0.2, -0.15) is 0 Å². The number of benzene rings is 2. The van der Waals surface area contributed by atoms with Crippen molar-refractivity contribution in [2.75, 3.05) is 5.32 Å². The number of anilines is 1. The van der Waals surface area contributed by atoms with E-state index in [0.717, 1.165) is 27.5 Å². The Bertz CT molecular complexity index is 904. The van der Waals surface area contributed by atoms with Crippen LogP contribution in [0.4, 0.5) is 5.69 Å². The van der Waals surface area contributed by atoms with Gasteiger partial charge in [0.25, 0.3) is 0 Å². The van der Waals surface area contributed by atoms with E-state index in [1.807, 2.05) is 23.6 Å².